The van der Waals surface area contributed by atoms with Gasteiger partial charge in [-0.1, -0.05) is 17.7 Å². The van der Waals surface area contributed by atoms with Crippen molar-refractivity contribution in [3.05, 3.63) is 28.8 Å². The Hall–Kier alpha value is -1.79. The number of carboxylic acid groups (broad SMARTS) is 1. The first-order valence-electron chi connectivity index (χ1n) is 5.67. The van der Waals surface area contributed by atoms with E-state index in [2.05, 4.69) is 0 Å². The van der Waals surface area contributed by atoms with Crippen LogP contribution >= 0.6 is 11.6 Å². The molecule has 1 aromatic carbocycles. The lowest BCUT2D eigenvalue weighted by Crippen LogP contribution is -2.37. The standard InChI is InChI=1S/C12H13ClN2O4/c13-7-2-1-3-8(10(7)11(14)17)15-5-6(16)4-9(15)12(18)19/h1-3,6,9,16H,4-5H2,(H2,14,17)(H,18,19). The summed E-state index contributed by atoms with van der Waals surface area (Å²) in [5.74, 6) is -1.79. The Morgan fingerprint density at radius 1 is 1.42 bits per heavy atom. The van der Waals surface area contributed by atoms with Gasteiger partial charge in [0.2, 0.25) is 0 Å². The zero-order valence-electron chi connectivity index (χ0n) is 9.91. The number of nitrogens with zero attached hydrogens (tertiary/aromatic N) is 1. The quantitative estimate of drug-likeness (QED) is 0.748. The monoisotopic (exact) mass is 284 g/mol. The molecule has 2 atom stereocenters. The molecule has 1 amide bonds. The average molecular weight is 285 g/mol. The van der Waals surface area contributed by atoms with E-state index >= 15 is 0 Å². The highest BCUT2D eigenvalue weighted by molar-refractivity contribution is 6.34. The van der Waals surface area contributed by atoms with Gasteiger partial charge in [0, 0.05) is 13.0 Å². The number of carbonyl (C=O) groups is 2. The van der Waals surface area contributed by atoms with Crippen molar-refractivity contribution in [3.8, 4) is 0 Å². The average Bonchev–Trinajstić information content (AvgIpc) is 2.70. The van der Waals surface area contributed by atoms with E-state index in [1.165, 1.54) is 11.0 Å². The zero-order chi connectivity index (χ0) is 14.2. The highest BCUT2D eigenvalue weighted by atomic mass is 35.5. The number of anilines is 1. The van der Waals surface area contributed by atoms with E-state index in [-0.39, 0.29) is 23.6 Å². The number of nitrogens with two attached hydrogens (primary N) is 1. The molecule has 4 N–H and O–H groups in total. The third-order valence-corrected chi connectivity index (χ3v) is 3.43. The number of aliphatic hydroxyl groups is 1. The Balaban J connectivity index is 2.49. The third-order valence-electron chi connectivity index (χ3n) is 3.11. The van der Waals surface area contributed by atoms with Crippen LogP contribution < -0.4 is 10.6 Å². The van der Waals surface area contributed by atoms with Gasteiger partial charge in [-0.25, -0.2) is 4.79 Å². The van der Waals surface area contributed by atoms with E-state index in [1.54, 1.807) is 12.1 Å². The molecule has 0 bridgehead atoms. The smallest absolute Gasteiger partial charge is 0.326 e. The van der Waals surface area contributed by atoms with E-state index in [1.807, 2.05) is 0 Å². The van der Waals surface area contributed by atoms with Gasteiger partial charge in [-0.05, 0) is 12.1 Å². The maximum Gasteiger partial charge on any atom is 0.326 e. The second-order valence-corrected chi connectivity index (χ2v) is 4.80. The number of hydrogen-bond donors (Lipinski definition) is 3. The molecule has 1 aliphatic heterocycles. The van der Waals surface area contributed by atoms with E-state index in [0.29, 0.717) is 5.69 Å². The lowest BCUT2D eigenvalue weighted by Gasteiger charge is -2.25. The fraction of sp³-hybridized carbons (Fsp3) is 0.333. The molecule has 1 fully saturated rings. The lowest BCUT2D eigenvalue weighted by molar-refractivity contribution is -0.138. The number of rotatable bonds is 3. The van der Waals surface area contributed by atoms with Crippen LogP contribution in [0.1, 0.15) is 16.8 Å². The van der Waals surface area contributed by atoms with Crippen LogP contribution in [0, 0.1) is 0 Å². The number of β-amino-alcohol motifs (C(OH)–C–C–N with tert-alkyl or cyclic N) is 1. The number of aliphatic hydroxyl groups excluding tert-OH is 1. The Labute approximate surface area is 114 Å². The number of amides is 1. The zero-order valence-corrected chi connectivity index (χ0v) is 10.7. The van der Waals surface area contributed by atoms with Crippen LogP contribution in [0.5, 0.6) is 0 Å². The van der Waals surface area contributed by atoms with Gasteiger partial charge in [-0.3, -0.25) is 4.79 Å². The molecular weight excluding hydrogens is 272 g/mol. The van der Waals surface area contributed by atoms with Crippen LogP contribution in [-0.2, 0) is 4.79 Å². The SMILES string of the molecule is NC(=O)c1c(Cl)cccc1N1CC(O)CC1C(=O)O. The summed E-state index contributed by atoms with van der Waals surface area (Å²) in [5, 5.41) is 18.9. The van der Waals surface area contributed by atoms with Gasteiger partial charge in [0.15, 0.2) is 0 Å². The second kappa shape index (κ2) is 5.07. The molecular formula is C12H13ClN2O4. The van der Waals surface area contributed by atoms with Gasteiger partial charge in [-0.2, -0.15) is 0 Å². The largest absolute Gasteiger partial charge is 0.480 e. The molecule has 1 aliphatic rings. The van der Waals surface area contributed by atoms with E-state index in [0.717, 1.165) is 0 Å². The molecule has 0 radical (unpaired) electrons. The summed E-state index contributed by atoms with van der Waals surface area (Å²) < 4.78 is 0. The minimum atomic E-state index is -1.06. The highest BCUT2D eigenvalue weighted by Gasteiger charge is 2.37. The topological polar surface area (TPSA) is 104 Å². The third kappa shape index (κ3) is 2.50. The number of aliphatic carboxylic acids is 1. The van der Waals surface area contributed by atoms with Crippen molar-refractivity contribution in [2.45, 2.75) is 18.6 Å². The molecule has 1 aromatic rings. The first-order valence-corrected chi connectivity index (χ1v) is 6.05. The Morgan fingerprint density at radius 3 is 2.68 bits per heavy atom. The number of carboxylic acids is 1. The summed E-state index contributed by atoms with van der Waals surface area (Å²) in [4.78, 5) is 24.1. The van der Waals surface area contributed by atoms with Gasteiger partial charge in [0.25, 0.3) is 5.91 Å². The first kappa shape index (κ1) is 13.6. The van der Waals surface area contributed by atoms with Gasteiger partial charge in [0.1, 0.15) is 6.04 Å². The summed E-state index contributed by atoms with van der Waals surface area (Å²) in [6.45, 7) is 0.123. The molecule has 2 unspecified atom stereocenters. The molecule has 2 rings (SSSR count). The predicted octanol–water partition coefficient (Wildman–Crippen LogP) is 0.463. The van der Waals surface area contributed by atoms with Crippen molar-refractivity contribution in [2.75, 3.05) is 11.4 Å². The fourth-order valence-corrected chi connectivity index (χ4v) is 2.57. The molecule has 1 saturated heterocycles. The normalized spacial score (nSPS) is 22.5. The summed E-state index contributed by atoms with van der Waals surface area (Å²) in [5.41, 5.74) is 5.69. The molecule has 0 aliphatic carbocycles. The number of hydrogen-bond acceptors (Lipinski definition) is 4. The first-order chi connectivity index (χ1) is 8.91. The Morgan fingerprint density at radius 2 is 2.11 bits per heavy atom. The Kier molecular flexibility index (Phi) is 3.64. The fourth-order valence-electron chi connectivity index (χ4n) is 2.31. The minimum absolute atomic E-state index is 0.0736. The van der Waals surface area contributed by atoms with Crippen LogP contribution in [0.3, 0.4) is 0 Å². The van der Waals surface area contributed by atoms with Crippen molar-refractivity contribution < 1.29 is 19.8 Å². The van der Waals surface area contributed by atoms with E-state index in [9.17, 15) is 14.7 Å². The molecule has 0 aromatic heterocycles. The van der Waals surface area contributed by atoms with Crippen LogP contribution in [0.25, 0.3) is 0 Å². The summed E-state index contributed by atoms with van der Waals surface area (Å²) >= 11 is 5.93. The van der Waals surface area contributed by atoms with Crippen molar-refractivity contribution in [1.29, 1.82) is 0 Å². The number of carbonyl (C=O) groups excluding carboxylic acids is 1. The Bertz CT molecular complexity index is 534. The molecule has 1 heterocycles. The van der Waals surface area contributed by atoms with E-state index < -0.39 is 24.0 Å². The molecule has 7 heteroatoms. The number of halogens is 1. The maximum absolute atomic E-state index is 11.5. The summed E-state index contributed by atoms with van der Waals surface area (Å²) in [7, 11) is 0. The predicted molar refractivity (Wildman–Crippen MR) is 69.4 cm³/mol. The van der Waals surface area contributed by atoms with Gasteiger partial charge >= 0.3 is 5.97 Å². The molecule has 0 saturated carbocycles. The van der Waals surface area contributed by atoms with Crippen molar-refractivity contribution >= 4 is 29.2 Å². The van der Waals surface area contributed by atoms with Crippen LogP contribution in [0.15, 0.2) is 18.2 Å². The summed E-state index contributed by atoms with van der Waals surface area (Å²) in [6, 6.07) is 3.78. The van der Waals surface area contributed by atoms with Crippen LogP contribution in [-0.4, -0.2) is 40.8 Å². The van der Waals surface area contributed by atoms with Gasteiger partial charge in [0.05, 0.1) is 22.4 Å². The second-order valence-electron chi connectivity index (χ2n) is 4.39. The minimum Gasteiger partial charge on any atom is -0.480 e. The van der Waals surface area contributed by atoms with Gasteiger partial charge < -0.3 is 20.8 Å². The molecule has 6 nitrogen and oxygen atoms in total. The number of primary amides is 1. The molecule has 0 spiro atoms. The molecule has 102 valence electrons. The highest BCUT2D eigenvalue weighted by Crippen LogP contribution is 2.32. The van der Waals surface area contributed by atoms with Crippen LogP contribution in [0.2, 0.25) is 5.02 Å². The maximum atomic E-state index is 11.5. The van der Waals surface area contributed by atoms with Crippen LogP contribution in [0.4, 0.5) is 5.69 Å². The van der Waals surface area contributed by atoms with Crippen molar-refractivity contribution in [1.82, 2.24) is 0 Å². The molecule has 19 heavy (non-hydrogen) atoms. The number of benzene rings is 1. The van der Waals surface area contributed by atoms with Gasteiger partial charge in [-0.15, -0.1) is 0 Å². The lowest BCUT2D eigenvalue weighted by atomic mass is 10.1. The van der Waals surface area contributed by atoms with Crippen molar-refractivity contribution in [3.63, 3.8) is 0 Å². The van der Waals surface area contributed by atoms with E-state index in [4.69, 9.17) is 22.4 Å². The van der Waals surface area contributed by atoms with Crippen molar-refractivity contribution in [2.24, 2.45) is 5.73 Å². The summed E-state index contributed by atoms with van der Waals surface area (Å²) in [6.07, 6.45) is -0.666.